The summed E-state index contributed by atoms with van der Waals surface area (Å²) in [5.74, 6) is 2.23. The SMILES string of the molecule is C=N/C=C(\NCC(C)(C)C)C1=CC=C(CC(NC(=O)c2ccc(OC(C)C)c(C)c2)C(=O)NC)CB=C1. The summed E-state index contributed by atoms with van der Waals surface area (Å²) in [7, 11) is 1.57. The van der Waals surface area contributed by atoms with Gasteiger partial charge in [0.05, 0.1) is 0 Å². The average Bonchev–Trinajstić information content (AvgIpc) is 3.06. The predicted molar refractivity (Wildman–Crippen MR) is 155 cm³/mol. The zero-order valence-corrected chi connectivity index (χ0v) is 23.3. The molecular weight excluding hydrogens is 463 g/mol. The Balaban J connectivity index is 2.19. The van der Waals surface area contributed by atoms with E-state index in [1.807, 2.05) is 38.9 Å². The number of hydrogen-bond acceptors (Lipinski definition) is 5. The van der Waals surface area contributed by atoms with E-state index in [4.69, 9.17) is 4.74 Å². The summed E-state index contributed by atoms with van der Waals surface area (Å²) < 4.78 is 5.77. The number of carbonyl (C=O) groups excluding carboxylic acids is 2. The fraction of sp³-hybridized carbons (Fsp3) is 0.448. The maximum absolute atomic E-state index is 13.0. The van der Waals surface area contributed by atoms with Gasteiger partial charge < -0.3 is 0 Å². The number of nitrogens with one attached hydrogen (secondary N) is 3. The molecule has 8 heteroatoms. The third kappa shape index (κ3) is 9.87. The second-order valence-corrected chi connectivity index (χ2v) is 10.7. The standard InChI is InChI=1S/C29H41BN4O3/c1-19(2)37-26-12-11-22(13-20(26)3)27(35)34-24(28(36)32-8)14-21-9-10-23(16-30-15-21)25(17-31-7)33-18-29(4,5)6/h9-13,16-17,19,24,33H,7,14-15,18H2,1-6,8H3,(H,32,36)(H,34,35)/b25-17-. The quantitative estimate of drug-likeness (QED) is 0.314. The third-order valence-corrected chi connectivity index (χ3v) is 5.65. The van der Waals surface area contributed by atoms with Crippen LogP contribution in [-0.4, -0.2) is 57.2 Å². The Morgan fingerprint density at radius 1 is 1.24 bits per heavy atom. The van der Waals surface area contributed by atoms with Crippen LogP contribution in [0, 0.1) is 12.3 Å². The Morgan fingerprint density at radius 3 is 2.57 bits per heavy atom. The van der Waals surface area contributed by atoms with Gasteiger partial charge in [0.1, 0.15) is 0 Å². The average molecular weight is 504 g/mol. The second kappa shape index (κ2) is 13.8. The molecule has 0 saturated heterocycles. The summed E-state index contributed by atoms with van der Waals surface area (Å²) in [6.07, 6.45) is 6.83. The van der Waals surface area contributed by atoms with Gasteiger partial charge in [-0.2, -0.15) is 0 Å². The summed E-state index contributed by atoms with van der Waals surface area (Å²) in [4.78, 5) is 29.7. The van der Waals surface area contributed by atoms with Crippen LogP contribution < -0.4 is 20.7 Å². The molecule has 1 aromatic carbocycles. The third-order valence-electron chi connectivity index (χ3n) is 5.65. The van der Waals surface area contributed by atoms with Crippen molar-refractivity contribution in [3.8, 4) is 5.75 Å². The summed E-state index contributed by atoms with van der Waals surface area (Å²) >= 11 is 0. The van der Waals surface area contributed by atoms with E-state index in [0.717, 1.165) is 34.7 Å². The number of aliphatic imine (C=N–C) groups is 1. The van der Waals surface area contributed by atoms with Gasteiger partial charge in [-0.05, 0) is 13.8 Å². The van der Waals surface area contributed by atoms with Crippen LogP contribution in [0.2, 0.25) is 6.32 Å². The summed E-state index contributed by atoms with van der Waals surface area (Å²) in [5, 5.41) is 9.03. The van der Waals surface area contributed by atoms with Gasteiger partial charge >= 0.3 is 209 Å². The van der Waals surface area contributed by atoms with Crippen molar-refractivity contribution in [1.29, 1.82) is 0 Å². The first-order valence-corrected chi connectivity index (χ1v) is 12.7. The van der Waals surface area contributed by atoms with Crippen LogP contribution in [0.15, 0.2) is 58.4 Å². The van der Waals surface area contributed by atoms with Crippen LogP contribution >= 0.6 is 0 Å². The number of benzene rings is 1. The number of amides is 2. The Kier molecular flexibility index (Phi) is 11.1. The zero-order valence-electron chi connectivity index (χ0n) is 23.3. The van der Waals surface area contributed by atoms with E-state index in [2.05, 4.69) is 55.4 Å². The molecule has 0 fully saturated rings. The zero-order chi connectivity index (χ0) is 27.6. The van der Waals surface area contributed by atoms with Crippen LogP contribution in [0.1, 0.15) is 57.0 Å². The van der Waals surface area contributed by atoms with E-state index in [9.17, 15) is 9.59 Å². The van der Waals surface area contributed by atoms with Crippen molar-refractivity contribution in [2.45, 2.75) is 66.4 Å². The van der Waals surface area contributed by atoms with Crippen molar-refractivity contribution >= 4 is 31.4 Å². The van der Waals surface area contributed by atoms with Crippen LogP contribution in [-0.2, 0) is 4.79 Å². The molecule has 1 heterocycles. The van der Waals surface area contributed by atoms with Gasteiger partial charge in [-0.1, -0.05) is 0 Å². The second-order valence-electron chi connectivity index (χ2n) is 10.7. The molecule has 3 N–H and O–H groups in total. The van der Waals surface area contributed by atoms with E-state index in [0.29, 0.717) is 18.3 Å². The van der Waals surface area contributed by atoms with E-state index >= 15 is 0 Å². The molecule has 1 aliphatic rings. The van der Waals surface area contributed by atoms with Gasteiger partial charge in [-0.15, -0.1) is 0 Å². The van der Waals surface area contributed by atoms with Gasteiger partial charge in [0.15, 0.2) is 0 Å². The van der Waals surface area contributed by atoms with Gasteiger partial charge in [-0.25, -0.2) is 0 Å². The first-order chi connectivity index (χ1) is 17.4. The van der Waals surface area contributed by atoms with Gasteiger partial charge in [0, 0.05) is 0 Å². The molecule has 0 saturated carbocycles. The van der Waals surface area contributed by atoms with Crippen LogP contribution in [0.3, 0.4) is 0 Å². The number of allylic oxidation sites excluding steroid dienone is 3. The fourth-order valence-electron chi connectivity index (χ4n) is 3.74. The van der Waals surface area contributed by atoms with Crippen LogP contribution in [0.5, 0.6) is 5.75 Å². The molecule has 2 rings (SSSR count). The minimum atomic E-state index is -0.706. The predicted octanol–water partition coefficient (Wildman–Crippen LogP) is 3.99. The van der Waals surface area contributed by atoms with Gasteiger partial charge in [0.25, 0.3) is 0 Å². The molecule has 198 valence electrons. The number of rotatable bonds is 11. The van der Waals surface area contributed by atoms with Crippen LogP contribution in [0.4, 0.5) is 0 Å². The molecule has 0 aliphatic carbocycles. The van der Waals surface area contributed by atoms with Crippen LogP contribution in [0.25, 0.3) is 0 Å². The summed E-state index contributed by atoms with van der Waals surface area (Å²) in [6.45, 7) is 18.7. The van der Waals surface area contributed by atoms with Crippen molar-refractivity contribution in [3.63, 3.8) is 0 Å². The van der Waals surface area contributed by atoms with Crippen molar-refractivity contribution in [2.24, 2.45) is 10.4 Å². The molecule has 0 spiro atoms. The molecule has 0 aromatic heterocycles. The molecule has 37 heavy (non-hydrogen) atoms. The van der Waals surface area contributed by atoms with E-state index in [1.165, 1.54) is 0 Å². The van der Waals surface area contributed by atoms with E-state index in [-0.39, 0.29) is 23.3 Å². The number of hydrogen-bond donors (Lipinski definition) is 3. The summed E-state index contributed by atoms with van der Waals surface area (Å²) in [5.41, 5.74) is 4.34. The summed E-state index contributed by atoms with van der Waals surface area (Å²) in [6, 6.07) is 4.59. The number of likely N-dealkylation sites (N-methyl/N-ethyl adjacent to an activating group) is 1. The molecule has 1 aliphatic heterocycles. The van der Waals surface area contributed by atoms with Gasteiger partial charge in [0.2, 0.25) is 0 Å². The first-order valence-electron chi connectivity index (χ1n) is 12.7. The van der Waals surface area contributed by atoms with Crippen molar-refractivity contribution in [3.05, 3.63) is 64.5 Å². The normalized spacial score (nSPS) is 14.5. The Labute approximate surface area is 222 Å². The number of aryl methyl sites for hydroxylation is 1. The molecular formula is C29H41BN4O3. The molecule has 1 atom stereocenters. The molecule has 2 amide bonds. The molecule has 0 bridgehead atoms. The Hall–Kier alpha value is -3.42. The van der Waals surface area contributed by atoms with E-state index < -0.39 is 6.04 Å². The first kappa shape index (κ1) is 29.8. The minimum absolute atomic E-state index is 0.0429. The Morgan fingerprint density at radius 2 is 1.97 bits per heavy atom. The van der Waals surface area contributed by atoms with Gasteiger partial charge in [-0.3, -0.25) is 0 Å². The molecule has 7 nitrogen and oxygen atoms in total. The number of nitrogens with zero attached hydrogens (tertiary/aromatic N) is 1. The fourth-order valence-corrected chi connectivity index (χ4v) is 3.74. The number of carbonyl (C=O) groups is 2. The topological polar surface area (TPSA) is 91.8 Å². The maximum atomic E-state index is 13.0. The Bertz CT molecular complexity index is 1110. The van der Waals surface area contributed by atoms with E-state index in [1.54, 1.807) is 31.4 Å². The molecule has 1 unspecified atom stereocenters. The van der Waals surface area contributed by atoms with Crippen molar-refractivity contribution in [1.82, 2.24) is 16.0 Å². The number of ether oxygens (including phenoxy) is 1. The van der Waals surface area contributed by atoms with Crippen molar-refractivity contribution in [2.75, 3.05) is 13.6 Å². The molecule has 1 aromatic rings. The molecule has 0 radical (unpaired) electrons. The van der Waals surface area contributed by atoms with Crippen molar-refractivity contribution < 1.29 is 14.3 Å². The monoisotopic (exact) mass is 504 g/mol.